The number of nitrogens with one attached hydrogen (secondary N) is 1. The number of aryl methyl sites for hydroxylation is 1. The zero-order valence-corrected chi connectivity index (χ0v) is 10.7. The Morgan fingerprint density at radius 1 is 1.26 bits per heavy atom. The highest BCUT2D eigenvalue weighted by Crippen LogP contribution is 2.34. The molecule has 0 spiro atoms. The first-order valence-corrected chi connectivity index (χ1v) is 6.45. The van der Waals surface area contributed by atoms with Gasteiger partial charge in [-0.1, -0.05) is 12.5 Å². The lowest BCUT2D eigenvalue weighted by Gasteiger charge is -2.27. The van der Waals surface area contributed by atoms with Gasteiger partial charge in [-0.25, -0.2) is 4.39 Å². The molecular weight excluding hydrogens is 258 g/mol. The largest absolute Gasteiger partial charge is 0.416 e. The van der Waals surface area contributed by atoms with Crippen LogP contribution in [0.4, 0.5) is 17.6 Å². The molecule has 0 aliphatic carbocycles. The maximum absolute atomic E-state index is 14.4. The third kappa shape index (κ3) is 3.26. The summed E-state index contributed by atoms with van der Waals surface area (Å²) in [6, 6.07) is 2.95. The molecule has 1 aromatic carbocycles. The van der Waals surface area contributed by atoms with Crippen LogP contribution in [0.15, 0.2) is 18.2 Å². The second-order valence-corrected chi connectivity index (χ2v) is 5.03. The molecule has 1 nitrogen and oxygen atoms in total. The number of hydrogen-bond donors (Lipinski definition) is 1. The third-order valence-corrected chi connectivity index (χ3v) is 3.60. The fourth-order valence-electron chi connectivity index (χ4n) is 2.51. The van der Waals surface area contributed by atoms with Gasteiger partial charge in [0.15, 0.2) is 0 Å². The zero-order valence-electron chi connectivity index (χ0n) is 10.7. The van der Waals surface area contributed by atoms with Crippen LogP contribution in [-0.2, 0) is 6.18 Å². The average molecular weight is 275 g/mol. The van der Waals surface area contributed by atoms with E-state index in [-0.39, 0.29) is 6.04 Å². The Kier molecular flexibility index (Phi) is 4.13. The van der Waals surface area contributed by atoms with Crippen molar-refractivity contribution in [3.63, 3.8) is 0 Å². The van der Waals surface area contributed by atoms with Crippen LogP contribution in [0.3, 0.4) is 0 Å². The van der Waals surface area contributed by atoms with Crippen LogP contribution in [0.2, 0.25) is 0 Å². The minimum atomic E-state index is -4.38. The van der Waals surface area contributed by atoms with Gasteiger partial charge in [0, 0.05) is 6.04 Å². The van der Waals surface area contributed by atoms with Gasteiger partial charge in [-0.3, -0.25) is 0 Å². The van der Waals surface area contributed by atoms with Gasteiger partial charge in [0.1, 0.15) is 6.17 Å². The molecule has 1 aliphatic heterocycles. The molecule has 1 aromatic rings. The molecule has 2 rings (SSSR count). The second-order valence-electron chi connectivity index (χ2n) is 5.03. The fraction of sp³-hybridized carbons (Fsp3) is 0.571. The summed E-state index contributed by atoms with van der Waals surface area (Å²) in [5, 5.41) is 3.09. The lowest BCUT2D eigenvalue weighted by Crippen LogP contribution is -2.37. The molecule has 19 heavy (non-hydrogen) atoms. The molecule has 0 amide bonds. The average Bonchev–Trinajstić information content (AvgIpc) is 2.38. The minimum Gasteiger partial charge on any atom is -0.311 e. The lowest BCUT2D eigenvalue weighted by atomic mass is 9.92. The maximum Gasteiger partial charge on any atom is 0.416 e. The van der Waals surface area contributed by atoms with Crippen molar-refractivity contribution in [1.82, 2.24) is 5.32 Å². The van der Waals surface area contributed by atoms with Crippen LogP contribution < -0.4 is 5.32 Å². The van der Waals surface area contributed by atoms with Crippen molar-refractivity contribution in [3.8, 4) is 0 Å². The first kappa shape index (κ1) is 14.3. The van der Waals surface area contributed by atoms with Crippen molar-refractivity contribution in [1.29, 1.82) is 0 Å². The summed E-state index contributed by atoms with van der Waals surface area (Å²) in [5.41, 5.74) is -0.0142. The zero-order chi connectivity index (χ0) is 14.0. The summed E-state index contributed by atoms with van der Waals surface area (Å²) >= 11 is 0. The van der Waals surface area contributed by atoms with Crippen LogP contribution in [0.5, 0.6) is 0 Å². The van der Waals surface area contributed by atoms with Crippen LogP contribution in [0, 0.1) is 6.92 Å². The Morgan fingerprint density at radius 2 is 2.00 bits per heavy atom. The molecule has 5 heteroatoms. The molecule has 2 atom stereocenters. The number of piperidine rings is 1. The number of alkyl halides is 4. The smallest absolute Gasteiger partial charge is 0.311 e. The predicted octanol–water partition coefficient (Wildman–Crippen LogP) is 4.17. The molecule has 106 valence electrons. The maximum atomic E-state index is 14.4. The van der Waals surface area contributed by atoms with Crippen molar-refractivity contribution < 1.29 is 17.6 Å². The molecule has 1 fully saturated rings. The number of rotatable bonds is 2. The third-order valence-electron chi connectivity index (χ3n) is 3.60. The Hall–Kier alpha value is -1.10. The highest BCUT2D eigenvalue weighted by Gasteiger charge is 2.32. The monoisotopic (exact) mass is 275 g/mol. The van der Waals surface area contributed by atoms with Crippen LogP contribution >= 0.6 is 0 Å². The summed E-state index contributed by atoms with van der Waals surface area (Å²) in [7, 11) is 0. The first-order valence-electron chi connectivity index (χ1n) is 6.45. The summed E-state index contributed by atoms with van der Waals surface area (Å²) in [4.78, 5) is 0. The molecule has 0 aromatic heterocycles. The standard InChI is InChI=1S/C14H17F4N/c1-9-8-10(14(16,17)18)5-6-11(9)13(15)12-4-2-3-7-19-12/h5-6,8,12-13,19H,2-4,7H2,1H3. The van der Waals surface area contributed by atoms with Crippen LogP contribution in [0.1, 0.15) is 42.1 Å². The lowest BCUT2D eigenvalue weighted by molar-refractivity contribution is -0.137. The van der Waals surface area contributed by atoms with Crippen molar-refractivity contribution >= 4 is 0 Å². The Morgan fingerprint density at radius 3 is 2.53 bits per heavy atom. The molecule has 1 heterocycles. The number of benzene rings is 1. The van der Waals surface area contributed by atoms with Crippen molar-refractivity contribution in [2.24, 2.45) is 0 Å². The fourth-order valence-corrected chi connectivity index (χ4v) is 2.51. The summed E-state index contributed by atoms with van der Waals surface area (Å²) in [6.07, 6.45) is -2.92. The normalized spacial score (nSPS) is 22.3. The van der Waals surface area contributed by atoms with Gasteiger partial charge in [0.25, 0.3) is 0 Å². The molecule has 1 N–H and O–H groups in total. The first-order chi connectivity index (χ1) is 8.89. The molecular formula is C14H17F4N. The topological polar surface area (TPSA) is 12.0 Å². The highest BCUT2D eigenvalue weighted by atomic mass is 19.4. The Bertz CT molecular complexity index is 436. The van der Waals surface area contributed by atoms with Crippen molar-refractivity contribution in [3.05, 3.63) is 34.9 Å². The SMILES string of the molecule is Cc1cc(C(F)(F)F)ccc1C(F)C1CCCCN1. The van der Waals surface area contributed by atoms with Crippen LogP contribution in [0.25, 0.3) is 0 Å². The van der Waals surface area contributed by atoms with E-state index in [9.17, 15) is 17.6 Å². The molecule has 0 radical (unpaired) electrons. The Labute approximate surface area is 110 Å². The van der Waals surface area contributed by atoms with E-state index < -0.39 is 17.9 Å². The summed E-state index contributed by atoms with van der Waals surface area (Å²) < 4.78 is 52.0. The molecule has 0 bridgehead atoms. The van der Waals surface area contributed by atoms with E-state index in [1.807, 2.05) is 0 Å². The summed E-state index contributed by atoms with van der Waals surface area (Å²) in [5.74, 6) is 0. The van der Waals surface area contributed by atoms with Gasteiger partial charge in [-0.15, -0.1) is 0 Å². The minimum absolute atomic E-state index is 0.288. The van der Waals surface area contributed by atoms with E-state index >= 15 is 0 Å². The van der Waals surface area contributed by atoms with Crippen molar-refractivity contribution in [2.45, 2.75) is 44.6 Å². The number of hydrogen-bond acceptors (Lipinski definition) is 1. The van der Waals surface area contributed by atoms with E-state index in [2.05, 4.69) is 5.32 Å². The predicted molar refractivity (Wildman–Crippen MR) is 65.7 cm³/mol. The van der Waals surface area contributed by atoms with Crippen molar-refractivity contribution in [2.75, 3.05) is 6.54 Å². The van der Waals surface area contributed by atoms with Crippen LogP contribution in [-0.4, -0.2) is 12.6 Å². The quantitative estimate of drug-likeness (QED) is 0.799. The molecule has 1 saturated heterocycles. The van der Waals surface area contributed by atoms with Gasteiger partial charge in [-0.2, -0.15) is 13.2 Å². The van der Waals surface area contributed by atoms with E-state index in [4.69, 9.17) is 0 Å². The highest BCUT2D eigenvalue weighted by molar-refractivity contribution is 5.34. The second kappa shape index (κ2) is 5.49. The molecule has 2 unspecified atom stereocenters. The summed E-state index contributed by atoms with van der Waals surface area (Å²) in [6.45, 7) is 2.30. The van der Waals surface area contributed by atoms with E-state index in [1.165, 1.54) is 13.0 Å². The van der Waals surface area contributed by atoms with Gasteiger partial charge in [0.05, 0.1) is 5.56 Å². The number of halogens is 4. The van der Waals surface area contributed by atoms with E-state index in [0.717, 1.165) is 37.9 Å². The van der Waals surface area contributed by atoms with Gasteiger partial charge >= 0.3 is 6.18 Å². The van der Waals surface area contributed by atoms with E-state index in [1.54, 1.807) is 0 Å². The molecule has 1 aliphatic rings. The van der Waals surface area contributed by atoms with Gasteiger partial charge in [-0.05, 0) is 49.6 Å². The Balaban J connectivity index is 2.20. The molecule has 0 saturated carbocycles. The van der Waals surface area contributed by atoms with Gasteiger partial charge in [0.2, 0.25) is 0 Å². The van der Waals surface area contributed by atoms with Gasteiger partial charge < -0.3 is 5.32 Å². The van der Waals surface area contributed by atoms with E-state index in [0.29, 0.717) is 11.1 Å².